The Hall–Kier alpha value is -5.40. The highest BCUT2D eigenvalue weighted by Gasteiger charge is 2.25. The molecule has 48 heavy (non-hydrogen) atoms. The molecule has 0 fully saturated rings. The number of fused-ring (bicyclic) bond motifs is 2. The van der Waals surface area contributed by atoms with Crippen molar-refractivity contribution in [2.45, 2.75) is 13.5 Å². The van der Waals surface area contributed by atoms with Crippen LogP contribution >= 0.6 is 0 Å². The summed E-state index contributed by atoms with van der Waals surface area (Å²) in [7, 11) is 3.16. The predicted molar refractivity (Wildman–Crippen MR) is 183 cm³/mol. The maximum atomic E-state index is 14.0. The fraction of sp³-hybridized carbons (Fsp3) is 0.171. The first-order valence-corrected chi connectivity index (χ1v) is 16.0. The van der Waals surface area contributed by atoms with E-state index in [2.05, 4.69) is 10.3 Å². The van der Waals surface area contributed by atoms with Gasteiger partial charge >= 0.3 is 0 Å². The number of nitrogens with one attached hydrogen (secondary N) is 1. The van der Waals surface area contributed by atoms with Crippen LogP contribution in [0.15, 0.2) is 82.0 Å². The standard InChI is InChI=1S/C35H30F2N4O5S.H2O/c1-19-39-28-13-9-21(14-26(28)35(43)41(19)18-22-8-12-24(37)15-30(22)45-4)25-16-27-31(17-29(25)40(3)47(5)44)46-33(32(27)34(42)38-2)20-6-10-23(36)11-7-20;/h6-17H,18H2,1-5H3,(H,38,42);1H2. The molecule has 2 aromatic heterocycles. The fourth-order valence-electron chi connectivity index (χ4n) is 5.62. The van der Waals surface area contributed by atoms with Gasteiger partial charge in [-0.05, 0) is 61.0 Å². The zero-order valence-electron chi connectivity index (χ0n) is 26.7. The molecule has 3 N–H and O–H groups in total. The van der Waals surface area contributed by atoms with E-state index in [4.69, 9.17) is 9.15 Å². The molecule has 1 amide bonds. The van der Waals surface area contributed by atoms with Crippen molar-refractivity contribution in [2.24, 2.45) is 0 Å². The van der Waals surface area contributed by atoms with E-state index in [1.54, 1.807) is 54.7 Å². The molecule has 6 rings (SSSR count). The van der Waals surface area contributed by atoms with E-state index in [0.29, 0.717) is 61.4 Å². The summed E-state index contributed by atoms with van der Waals surface area (Å²) < 4.78 is 54.9. The number of hydrogen-bond acceptors (Lipinski definition) is 6. The number of aryl methyl sites for hydroxylation is 1. The molecule has 0 spiro atoms. The molecule has 0 bridgehead atoms. The van der Waals surface area contributed by atoms with E-state index in [0.717, 1.165) is 0 Å². The lowest BCUT2D eigenvalue weighted by Gasteiger charge is -2.20. The molecule has 2 heterocycles. The summed E-state index contributed by atoms with van der Waals surface area (Å²) in [6.45, 7) is 1.83. The highest BCUT2D eigenvalue weighted by atomic mass is 32.2. The Labute approximate surface area is 276 Å². The summed E-state index contributed by atoms with van der Waals surface area (Å²) in [5, 5.41) is 3.45. The largest absolute Gasteiger partial charge is 0.496 e. The Morgan fingerprint density at radius 3 is 2.35 bits per heavy atom. The lowest BCUT2D eigenvalue weighted by molar-refractivity contribution is 0.0964. The fourth-order valence-corrected chi connectivity index (χ4v) is 6.05. The molecule has 1 unspecified atom stereocenters. The number of halogens is 2. The Balaban J connectivity index is 0.00000451. The average Bonchev–Trinajstić information content (AvgIpc) is 3.44. The number of carbonyl (C=O) groups excluding carboxylic acids is 1. The molecule has 4 aromatic carbocycles. The molecule has 10 nitrogen and oxygen atoms in total. The third-order valence-corrected chi connectivity index (χ3v) is 9.09. The van der Waals surface area contributed by atoms with Crippen LogP contribution in [0.5, 0.6) is 5.75 Å². The highest BCUT2D eigenvalue weighted by molar-refractivity contribution is 7.85. The first-order valence-electron chi connectivity index (χ1n) is 14.5. The summed E-state index contributed by atoms with van der Waals surface area (Å²) in [5.74, 6) is -0.271. The summed E-state index contributed by atoms with van der Waals surface area (Å²) in [5.41, 5.74) is 3.58. The van der Waals surface area contributed by atoms with Crippen LogP contribution < -0.4 is 19.9 Å². The quantitative estimate of drug-likeness (QED) is 0.230. The zero-order chi connectivity index (χ0) is 33.6. The van der Waals surface area contributed by atoms with Crippen LogP contribution in [0.25, 0.3) is 44.3 Å². The van der Waals surface area contributed by atoms with Crippen molar-refractivity contribution in [3.8, 4) is 28.2 Å². The number of benzene rings is 4. The molecule has 0 aliphatic rings. The molecule has 0 saturated carbocycles. The number of furan rings is 1. The summed E-state index contributed by atoms with van der Waals surface area (Å²) in [6, 6.07) is 18.5. The summed E-state index contributed by atoms with van der Waals surface area (Å²) in [4.78, 5) is 31.9. The van der Waals surface area contributed by atoms with Gasteiger partial charge in [0.25, 0.3) is 11.5 Å². The zero-order valence-corrected chi connectivity index (χ0v) is 27.5. The lowest BCUT2D eigenvalue weighted by atomic mass is 9.97. The van der Waals surface area contributed by atoms with Gasteiger partial charge < -0.3 is 19.9 Å². The minimum atomic E-state index is -1.45. The topological polar surface area (TPSA) is 138 Å². The minimum Gasteiger partial charge on any atom is -0.496 e. The maximum absolute atomic E-state index is 14.0. The molecule has 0 aliphatic heterocycles. The van der Waals surface area contributed by atoms with Gasteiger partial charge in [0.15, 0.2) is 0 Å². The Bertz CT molecular complexity index is 2280. The van der Waals surface area contributed by atoms with Crippen molar-refractivity contribution in [3.05, 3.63) is 112 Å². The van der Waals surface area contributed by atoms with E-state index >= 15 is 0 Å². The number of nitrogens with zero attached hydrogens (tertiary/aromatic N) is 3. The number of hydrogen-bond donors (Lipinski definition) is 1. The smallest absolute Gasteiger partial charge is 0.261 e. The van der Waals surface area contributed by atoms with Crippen molar-refractivity contribution in [1.82, 2.24) is 14.9 Å². The minimum absolute atomic E-state index is 0. The van der Waals surface area contributed by atoms with Crippen LogP contribution in [0.3, 0.4) is 0 Å². The predicted octanol–water partition coefficient (Wildman–Crippen LogP) is 5.38. The Morgan fingerprint density at radius 2 is 1.69 bits per heavy atom. The van der Waals surface area contributed by atoms with Gasteiger partial charge in [-0.25, -0.2) is 18.0 Å². The Morgan fingerprint density at radius 1 is 1.00 bits per heavy atom. The van der Waals surface area contributed by atoms with Crippen molar-refractivity contribution >= 4 is 44.5 Å². The van der Waals surface area contributed by atoms with Gasteiger partial charge in [-0.15, -0.1) is 0 Å². The molecule has 13 heteroatoms. The maximum Gasteiger partial charge on any atom is 0.261 e. The van der Waals surface area contributed by atoms with Crippen molar-refractivity contribution in [1.29, 1.82) is 0 Å². The van der Waals surface area contributed by atoms with Crippen LogP contribution in [0.2, 0.25) is 0 Å². The van der Waals surface area contributed by atoms with Crippen LogP contribution in [-0.4, -0.2) is 52.6 Å². The van der Waals surface area contributed by atoms with Gasteiger partial charge in [0, 0.05) is 54.6 Å². The molecular weight excluding hydrogens is 642 g/mol. The number of amides is 1. The number of rotatable bonds is 8. The second-order valence-electron chi connectivity index (χ2n) is 10.9. The van der Waals surface area contributed by atoms with Crippen LogP contribution in [0.1, 0.15) is 21.7 Å². The van der Waals surface area contributed by atoms with Gasteiger partial charge in [0.2, 0.25) is 0 Å². The van der Waals surface area contributed by atoms with Gasteiger partial charge in [-0.2, -0.15) is 0 Å². The first kappa shape index (κ1) is 33.9. The second-order valence-corrected chi connectivity index (χ2v) is 12.3. The molecule has 1 atom stereocenters. The number of aromatic nitrogens is 2. The van der Waals surface area contributed by atoms with Crippen LogP contribution in [-0.2, 0) is 17.5 Å². The van der Waals surface area contributed by atoms with Gasteiger partial charge in [-0.3, -0.25) is 18.5 Å². The summed E-state index contributed by atoms with van der Waals surface area (Å²) >= 11 is 0. The van der Waals surface area contributed by atoms with Gasteiger partial charge in [0.05, 0.1) is 35.8 Å². The average molecular weight is 675 g/mol. The van der Waals surface area contributed by atoms with Crippen LogP contribution in [0.4, 0.5) is 14.5 Å². The van der Waals surface area contributed by atoms with Crippen molar-refractivity contribution in [3.63, 3.8) is 0 Å². The molecule has 248 valence electrons. The lowest BCUT2D eigenvalue weighted by Crippen LogP contribution is -2.24. The molecular formula is C35H32F2N4O6S. The third kappa shape index (κ3) is 6.05. The van der Waals surface area contributed by atoms with Crippen LogP contribution in [0, 0.1) is 18.6 Å². The van der Waals surface area contributed by atoms with E-state index in [1.807, 2.05) is 0 Å². The number of ether oxygens (including phenoxy) is 1. The molecule has 6 aromatic rings. The molecule has 0 aliphatic carbocycles. The number of methoxy groups -OCH3 is 1. The van der Waals surface area contributed by atoms with E-state index in [9.17, 15) is 22.6 Å². The highest BCUT2D eigenvalue weighted by Crippen LogP contribution is 2.41. The number of anilines is 1. The second kappa shape index (κ2) is 13.4. The summed E-state index contributed by atoms with van der Waals surface area (Å²) in [6.07, 6.45) is 1.53. The van der Waals surface area contributed by atoms with Gasteiger partial charge in [0.1, 0.15) is 45.5 Å². The third-order valence-electron chi connectivity index (χ3n) is 8.13. The molecule has 0 saturated heterocycles. The van der Waals surface area contributed by atoms with Crippen molar-refractivity contribution < 1.29 is 32.4 Å². The molecule has 0 radical (unpaired) electrons. The number of carbonyl (C=O) groups is 1. The van der Waals surface area contributed by atoms with E-state index in [-0.39, 0.29) is 28.9 Å². The monoisotopic (exact) mass is 674 g/mol. The van der Waals surface area contributed by atoms with Gasteiger partial charge in [-0.1, -0.05) is 12.1 Å². The normalized spacial score (nSPS) is 11.7. The van der Waals surface area contributed by atoms with Crippen molar-refractivity contribution in [2.75, 3.05) is 31.8 Å². The SMILES string of the molecule is CNC(=O)c1c(-c2ccc(F)cc2)oc2cc(N(C)S(C)=O)c(-c3ccc4nc(C)n(Cc5ccc(F)cc5OC)c(=O)c4c3)cc12.O. The first-order chi connectivity index (χ1) is 22.5. The van der Waals surface area contributed by atoms with E-state index in [1.165, 1.54) is 61.4 Å². The van der Waals surface area contributed by atoms with E-state index < -0.39 is 28.5 Å². The Kier molecular flexibility index (Phi) is 9.46.